The minimum Gasteiger partial charge on any atom is -0.477 e. The number of thiophene rings is 1. The number of carboxylic acid groups (broad SMARTS) is 2. The van der Waals surface area contributed by atoms with Crippen LogP contribution in [-0.4, -0.2) is 76.6 Å². The van der Waals surface area contributed by atoms with Crippen molar-refractivity contribution in [2.75, 3.05) is 11.5 Å². The predicted molar refractivity (Wildman–Crippen MR) is 132 cm³/mol. The number of oxime groups is 1. The highest BCUT2D eigenvalue weighted by Crippen LogP contribution is 2.40. The van der Waals surface area contributed by atoms with Gasteiger partial charge in [-0.2, -0.15) is 0 Å². The molecule has 1 saturated heterocycles. The molecule has 2 amide bonds. The first-order valence-corrected chi connectivity index (χ1v) is 13.2. The minimum atomic E-state index is -1.28. The van der Waals surface area contributed by atoms with Gasteiger partial charge in [-0.1, -0.05) is 5.16 Å². The van der Waals surface area contributed by atoms with Gasteiger partial charge in [0.15, 0.2) is 22.2 Å². The number of thiazole rings is 1. The fourth-order valence-corrected chi connectivity index (χ4v) is 7.01. The largest absolute Gasteiger partial charge is 0.477 e. The second kappa shape index (κ2) is 9.16. The summed E-state index contributed by atoms with van der Waals surface area (Å²) in [6.45, 7) is 0.162. The molecule has 5 heterocycles. The number of thioether (sulfide) groups is 1. The number of β-lactam (4-membered cyclic amide) rings is 1. The summed E-state index contributed by atoms with van der Waals surface area (Å²) in [5, 5.41) is 35.5. The first kappa shape index (κ1) is 24.7. The Hall–Kier alpha value is -3.96. The van der Waals surface area contributed by atoms with Crippen molar-refractivity contribution in [3.63, 3.8) is 0 Å². The van der Waals surface area contributed by atoms with Gasteiger partial charge in [-0.3, -0.25) is 14.5 Å². The maximum atomic E-state index is 13.0. The van der Waals surface area contributed by atoms with E-state index in [-0.39, 0.29) is 33.7 Å². The molecule has 0 radical (unpaired) electrons. The number of aromatic nitrogens is 3. The topological polar surface area (TPSA) is 204 Å². The number of carboxylic acids is 2. The van der Waals surface area contributed by atoms with Gasteiger partial charge in [0.05, 0.1) is 12.4 Å². The van der Waals surface area contributed by atoms with E-state index >= 15 is 0 Å². The molecule has 2 aliphatic rings. The number of aryl methyl sites for hydroxylation is 1. The molecule has 0 spiro atoms. The van der Waals surface area contributed by atoms with Crippen LogP contribution >= 0.6 is 34.4 Å². The fourth-order valence-electron chi connectivity index (χ4n) is 4.18. The maximum Gasteiger partial charge on any atom is 0.352 e. The molecule has 192 valence electrons. The highest BCUT2D eigenvalue weighted by atomic mass is 32.2. The Morgan fingerprint density at radius 2 is 2.08 bits per heavy atom. The highest BCUT2D eigenvalue weighted by Gasteiger charge is 2.55. The number of nitrogens with one attached hydrogen (secondary N) is 1. The molecule has 6 N–H and O–H groups in total. The molecule has 2 atom stereocenters. The van der Waals surface area contributed by atoms with Gasteiger partial charge in [-0.15, -0.1) is 43.8 Å². The van der Waals surface area contributed by atoms with E-state index in [0.717, 1.165) is 27.6 Å². The molecule has 37 heavy (non-hydrogen) atoms. The number of fused-ring (bicyclic) bond motifs is 2. The van der Waals surface area contributed by atoms with Gasteiger partial charge in [0, 0.05) is 16.7 Å². The number of amides is 2. The zero-order valence-electron chi connectivity index (χ0n) is 18.8. The summed E-state index contributed by atoms with van der Waals surface area (Å²) in [4.78, 5) is 55.0. The third kappa shape index (κ3) is 4.09. The van der Waals surface area contributed by atoms with Gasteiger partial charge in [0.2, 0.25) is 6.20 Å². The summed E-state index contributed by atoms with van der Waals surface area (Å²) in [6.07, 6.45) is 1.73. The van der Waals surface area contributed by atoms with E-state index in [1.807, 2.05) is 0 Å². The van der Waals surface area contributed by atoms with Crippen LogP contribution in [0.5, 0.6) is 0 Å². The molecular weight excluding hydrogens is 546 g/mol. The highest BCUT2D eigenvalue weighted by molar-refractivity contribution is 8.00. The van der Waals surface area contributed by atoms with Gasteiger partial charge in [-0.05, 0) is 6.07 Å². The van der Waals surface area contributed by atoms with Crippen molar-refractivity contribution < 1.29 is 39.3 Å². The number of nitrogen functional groups attached to an aromatic ring is 1. The lowest BCUT2D eigenvalue weighted by atomic mass is 10.0. The summed E-state index contributed by atoms with van der Waals surface area (Å²) in [5.41, 5.74) is 5.52. The Morgan fingerprint density at radius 3 is 2.68 bits per heavy atom. The van der Waals surface area contributed by atoms with Crippen LogP contribution in [0.25, 0.3) is 10.2 Å². The van der Waals surface area contributed by atoms with E-state index in [1.165, 1.54) is 17.1 Å². The van der Waals surface area contributed by atoms with Crippen LogP contribution in [0.4, 0.5) is 5.13 Å². The SMILES string of the molecule is Cn1c2sc(C(=O)O)cc2c[n+]1CC1=C(C(=O)O)N2C(=O)[C@@H](NC(=O)/C(=N\O)c3csc(N)n3)[C@H]2SC1. The monoisotopic (exact) mass is 564 g/mol. The second-order valence-electron chi connectivity index (χ2n) is 8.06. The van der Waals surface area contributed by atoms with E-state index in [4.69, 9.17) is 5.73 Å². The van der Waals surface area contributed by atoms with Crippen molar-refractivity contribution in [3.8, 4) is 0 Å². The Bertz CT molecular complexity index is 1550. The molecule has 14 nitrogen and oxygen atoms in total. The van der Waals surface area contributed by atoms with E-state index in [0.29, 0.717) is 15.8 Å². The Balaban J connectivity index is 1.37. The fraction of sp³-hybridized carbons (Fsp3) is 0.250. The molecule has 5 rings (SSSR count). The van der Waals surface area contributed by atoms with Crippen LogP contribution in [0, 0.1) is 0 Å². The molecular formula is C20H18N7O7S3+. The smallest absolute Gasteiger partial charge is 0.352 e. The van der Waals surface area contributed by atoms with Crippen LogP contribution in [0.2, 0.25) is 0 Å². The van der Waals surface area contributed by atoms with Crippen molar-refractivity contribution in [1.29, 1.82) is 0 Å². The third-order valence-electron chi connectivity index (χ3n) is 5.89. The number of aliphatic carboxylic acids is 1. The molecule has 3 aromatic heterocycles. The molecule has 0 saturated carbocycles. The Morgan fingerprint density at radius 1 is 1.32 bits per heavy atom. The number of hydrogen-bond acceptors (Lipinski definition) is 11. The van der Waals surface area contributed by atoms with Crippen molar-refractivity contribution >= 4 is 79.2 Å². The number of carbonyl (C=O) groups excluding carboxylic acids is 2. The third-order valence-corrected chi connectivity index (χ3v) is 9.11. The number of aromatic carboxylic acids is 1. The van der Waals surface area contributed by atoms with Crippen LogP contribution in [0.1, 0.15) is 15.4 Å². The maximum absolute atomic E-state index is 13.0. The molecule has 0 aliphatic carbocycles. The average molecular weight is 565 g/mol. The van der Waals surface area contributed by atoms with Gasteiger partial charge >= 0.3 is 11.9 Å². The van der Waals surface area contributed by atoms with Gasteiger partial charge in [-0.25, -0.2) is 14.6 Å². The first-order chi connectivity index (χ1) is 17.6. The molecule has 17 heteroatoms. The summed E-state index contributed by atoms with van der Waals surface area (Å²) in [7, 11) is 1.74. The quantitative estimate of drug-likeness (QED) is 0.0846. The standard InChI is InChI=1S/C20H17N7O7S3/c1-25-16-7(2-10(37-16)18(30)31)3-26(25)4-8-5-35-17-12(15(29)27(17)13(8)19(32)33)23-14(28)11(24-34)9-6-36-20(21)22-9/h2-3,6,12,17H,4-5H2,1H3,(H5-,21,22,23,28,30,31,32,33,34)/p+1/t12-,17-/m1/s1. The zero-order chi connectivity index (χ0) is 26.6. The number of nitrogens with zero attached hydrogens (tertiary/aromatic N) is 5. The number of anilines is 1. The summed E-state index contributed by atoms with van der Waals surface area (Å²) in [6, 6.07) is 0.524. The Kier molecular flexibility index (Phi) is 6.12. The van der Waals surface area contributed by atoms with Crippen LogP contribution in [-0.2, 0) is 28.0 Å². The van der Waals surface area contributed by atoms with Crippen molar-refractivity contribution in [2.45, 2.75) is 18.0 Å². The predicted octanol–water partition coefficient (Wildman–Crippen LogP) is -0.119. The van der Waals surface area contributed by atoms with Crippen LogP contribution in [0.15, 0.2) is 34.1 Å². The first-order valence-electron chi connectivity index (χ1n) is 10.5. The minimum absolute atomic E-state index is 0.0470. The lowest BCUT2D eigenvalue weighted by Gasteiger charge is -2.49. The molecule has 3 aromatic rings. The molecule has 1 fully saturated rings. The van der Waals surface area contributed by atoms with E-state index in [1.54, 1.807) is 28.7 Å². The van der Waals surface area contributed by atoms with E-state index in [9.17, 15) is 34.6 Å². The van der Waals surface area contributed by atoms with Crippen LogP contribution < -0.4 is 15.7 Å². The van der Waals surface area contributed by atoms with Crippen LogP contribution in [0.3, 0.4) is 0 Å². The van der Waals surface area contributed by atoms with Gasteiger partial charge in [0.25, 0.3) is 11.8 Å². The number of nitrogens with two attached hydrogens (primary N) is 1. The normalized spacial score (nSPS) is 19.6. The lowest BCUT2D eigenvalue weighted by molar-refractivity contribution is -0.764. The second-order valence-corrected chi connectivity index (χ2v) is 11.1. The zero-order valence-corrected chi connectivity index (χ0v) is 21.3. The van der Waals surface area contributed by atoms with E-state index < -0.39 is 40.9 Å². The number of hydrogen-bond donors (Lipinski definition) is 5. The van der Waals surface area contributed by atoms with Gasteiger partial charge < -0.3 is 26.5 Å². The average Bonchev–Trinajstić information content (AvgIpc) is 3.54. The molecule has 2 aliphatic heterocycles. The number of carbonyl (C=O) groups is 4. The summed E-state index contributed by atoms with van der Waals surface area (Å²) >= 11 is 3.44. The number of rotatable bonds is 7. The lowest BCUT2D eigenvalue weighted by Crippen LogP contribution is -2.71. The Labute approximate surface area is 219 Å². The molecule has 0 unspecified atom stereocenters. The van der Waals surface area contributed by atoms with Crippen molar-refractivity contribution in [2.24, 2.45) is 12.2 Å². The van der Waals surface area contributed by atoms with E-state index in [2.05, 4.69) is 15.5 Å². The van der Waals surface area contributed by atoms with Gasteiger partial charge in [0.1, 0.15) is 27.7 Å². The summed E-state index contributed by atoms with van der Waals surface area (Å²) in [5.74, 6) is -3.49. The van der Waals surface area contributed by atoms with Crippen molar-refractivity contribution in [3.05, 3.63) is 39.5 Å². The van der Waals surface area contributed by atoms with Crippen molar-refractivity contribution in [1.82, 2.24) is 19.9 Å². The molecule has 0 bridgehead atoms. The summed E-state index contributed by atoms with van der Waals surface area (Å²) < 4.78 is 3.48. The molecule has 0 aromatic carbocycles.